The highest BCUT2D eigenvalue weighted by Crippen LogP contribution is 2.27. The average Bonchev–Trinajstić information content (AvgIpc) is 3.37. The standard InChI is InChI=1S/C25H29N3O4S2/c1-18-5-8-20(9-6-18)25(22-4-3-15-33-22)26-17-24(29)27-21-10-7-19(2)23(16-21)34(30,31)28-11-13-32-14-12-28/h3-10,15-16,25-26H,11-14,17H2,1-2H3,(H,27,29)/t25-/m1/s1. The summed E-state index contributed by atoms with van der Waals surface area (Å²) in [5.74, 6) is -0.243. The number of morpholine rings is 1. The molecule has 1 aliphatic heterocycles. The Kier molecular flexibility index (Phi) is 7.80. The first-order chi connectivity index (χ1) is 16.3. The first kappa shape index (κ1) is 24.6. The molecule has 9 heteroatoms. The molecule has 1 aromatic heterocycles. The molecule has 0 radical (unpaired) electrons. The van der Waals surface area contributed by atoms with Crippen molar-refractivity contribution in [3.8, 4) is 0 Å². The van der Waals surface area contributed by atoms with Crippen LogP contribution in [0.4, 0.5) is 5.69 Å². The Bertz CT molecular complexity index is 1220. The van der Waals surface area contributed by atoms with Crippen molar-refractivity contribution >= 4 is 33.0 Å². The van der Waals surface area contributed by atoms with Crippen molar-refractivity contribution in [1.82, 2.24) is 9.62 Å². The Hall–Kier alpha value is -2.56. The Labute approximate surface area is 204 Å². The van der Waals surface area contributed by atoms with Crippen LogP contribution in [0.1, 0.15) is 27.6 Å². The molecule has 0 saturated carbocycles. The average molecular weight is 500 g/mol. The predicted molar refractivity (Wildman–Crippen MR) is 135 cm³/mol. The molecule has 0 aliphatic carbocycles. The third kappa shape index (κ3) is 5.73. The van der Waals surface area contributed by atoms with Crippen LogP contribution >= 0.6 is 11.3 Å². The van der Waals surface area contributed by atoms with E-state index in [1.165, 1.54) is 15.9 Å². The second-order valence-corrected chi connectivity index (χ2v) is 11.2. The molecule has 4 rings (SSSR count). The number of rotatable bonds is 8. The molecule has 2 aromatic carbocycles. The largest absolute Gasteiger partial charge is 0.379 e. The first-order valence-corrected chi connectivity index (χ1v) is 13.5. The summed E-state index contributed by atoms with van der Waals surface area (Å²) in [6.07, 6.45) is 0. The number of aryl methyl sites for hydroxylation is 2. The second kappa shape index (κ2) is 10.8. The minimum atomic E-state index is -3.66. The van der Waals surface area contributed by atoms with Crippen LogP contribution in [0, 0.1) is 13.8 Å². The fraction of sp³-hybridized carbons (Fsp3) is 0.320. The van der Waals surface area contributed by atoms with Crippen LogP contribution in [0.5, 0.6) is 0 Å². The molecule has 180 valence electrons. The van der Waals surface area contributed by atoms with Crippen molar-refractivity contribution in [2.24, 2.45) is 0 Å². The van der Waals surface area contributed by atoms with Crippen LogP contribution in [-0.2, 0) is 19.6 Å². The van der Waals surface area contributed by atoms with Gasteiger partial charge in [-0.1, -0.05) is 42.0 Å². The topological polar surface area (TPSA) is 87.7 Å². The molecule has 2 N–H and O–H groups in total. The molecular formula is C25H29N3O4S2. The molecule has 1 amide bonds. The number of anilines is 1. The zero-order valence-corrected chi connectivity index (χ0v) is 20.9. The van der Waals surface area contributed by atoms with Crippen molar-refractivity contribution in [3.05, 3.63) is 81.5 Å². The van der Waals surface area contributed by atoms with Crippen LogP contribution in [0.2, 0.25) is 0 Å². The zero-order valence-electron chi connectivity index (χ0n) is 19.3. The Morgan fingerprint density at radius 1 is 1.09 bits per heavy atom. The molecule has 0 unspecified atom stereocenters. The summed E-state index contributed by atoms with van der Waals surface area (Å²) in [4.78, 5) is 14.1. The molecule has 1 atom stereocenters. The SMILES string of the molecule is Cc1ccc([C@@H](NCC(=O)Nc2ccc(C)c(S(=O)(=O)N3CCOCC3)c2)c2cccs2)cc1. The summed E-state index contributed by atoms with van der Waals surface area (Å²) >= 11 is 1.63. The lowest BCUT2D eigenvalue weighted by atomic mass is 10.0. The summed E-state index contributed by atoms with van der Waals surface area (Å²) in [6.45, 7) is 5.29. The van der Waals surface area contributed by atoms with E-state index in [2.05, 4.69) is 34.9 Å². The minimum Gasteiger partial charge on any atom is -0.379 e. The normalized spacial score (nSPS) is 15.7. The number of sulfonamides is 1. The maximum atomic E-state index is 13.1. The van der Waals surface area contributed by atoms with E-state index in [1.807, 2.05) is 24.4 Å². The fourth-order valence-corrected chi connectivity index (χ4v) is 6.36. The fourth-order valence-electron chi connectivity index (χ4n) is 3.88. The minimum absolute atomic E-state index is 0.0792. The van der Waals surface area contributed by atoms with Crippen molar-refractivity contribution in [2.75, 3.05) is 38.2 Å². The zero-order chi connectivity index (χ0) is 24.1. The Morgan fingerprint density at radius 3 is 2.50 bits per heavy atom. The summed E-state index contributed by atoms with van der Waals surface area (Å²) in [5, 5.41) is 8.20. The van der Waals surface area contributed by atoms with E-state index in [4.69, 9.17) is 4.74 Å². The third-order valence-electron chi connectivity index (χ3n) is 5.76. The van der Waals surface area contributed by atoms with Crippen LogP contribution < -0.4 is 10.6 Å². The number of benzene rings is 2. The van der Waals surface area contributed by atoms with E-state index in [0.29, 0.717) is 37.6 Å². The molecule has 0 spiro atoms. The third-order valence-corrected chi connectivity index (χ3v) is 8.74. The number of hydrogen-bond acceptors (Lipinski definition) is 6. The molecule has 7 nitrogen and oxygen atoms in total. The highest BCUT2D eigenvalue weighted by Gasteiger charge is 2.28. The second-order valence-electron chi connectivity index (χ2n) is 8.28. The number of nitrogens with one attached hydrogen (secondary N) is 2. The number of nitrogens with zero attached hydrogens (tertiary/aromatic N) is 1. The van der Waals surface area contributed by atoms with Gasteiger partial charge in [0.2, 0.25) is 15.9 Å². The first-order valence-electron chi connectivity index (χ1n) is 11.2. The molecule has 1 fully saturated rings. The van der Waals surface area contributed by atoms with Crippen LogP contribution in [0.25, 0.3) is 0 Å². The Morgan fingerprint density at radius 2 is 1.82 bits per heavy atom. The molecule has 1 saturated heterocycles. The lowest BCUT2D eigenvalue weighted by Crippen LogP contribution is -2.40. The van der Waals surface area contributed by atoms with Gasteiger partial charge in [0.1, 0.15) is 0 Å². The van der Waals surface area contributed by atoms with Crippen molar-refractivity contribution in [3.63, 3.8) is 0 Å². The maximum Gasteiger partial charge on any atom is 0.243 e. The predicted octanol–water partition coefficient (Wildman–Crippen LogP) is 3.70. The summed E-state index contributed by atoms with van der Waals surface area (Å²) in [6, 6.07) is 17.1. The van der Waals surface area contributed by atoms with Crippen molar-refractivity contribution < 1.29 is 17.9 Å². The van der Waals surface area contributed by atoms with E-state index >= 15 is 0 Å². The van der Waals surface area contributed by atoms with Gasteiger partial charge in [-0.05, 0) is 48.6 Å². The maximum absolute atomic E-state index is 13.1. The van der Waals surface area contributed by atoms with E-state index in [1.54, 1.807) is 30.4 Å². The van der Waals surface area contributed by atoms with Crippen LogP contribution in [0.3, 0.4) is 0 Å². The summed E-state index contributed by atoms with van der Waals surface area (Å²) in [5.41, 5.74) is 3.34. The van der Waals surface area contributed by atoms with Gasteiger partial charge in [0, 0.05) is 23.7 Å². The number of carbonyl (C=O) groups is 1. The summed E-state index contributed by atoms with van der Waals surface area (Å²) < 4.78 is 32.9. The number of hydrogen-bond donors (Lipinski definition) is 2. The van der Waals surface area contributed by atoms with Crippen molar-refractivity contribution in [1.29, 1.82) is 0 Å². The monoisotopic (exact) mass is 499 g/mol. The number of ether oxygens (including phenoxy) is 1. The van der Waals surface area contributed by atoms with E-state index in [9.17, 15) is 13.2 Å². The lowest BCUT2D eigenvalue weighted by molar-refractivity contribution is -0.115. The van der Waals surface area contributed by atoms with Crippen LogP contribution in [-0.4, -0.2) is 51.5 Å². The lowest BCUT2D eigenvalue weighted by Gasteiger charge is -2.27. The van der Waals surface area contributed by atoms with Crippen molar-refractivity contribution in [2.45, 2.75) is 24.8 Å². The molecule has 1 aliphatic rings. The quantitative estimate of drug-likeness (QED) is 0.494. The number of thiophene rings is 1. The number of carbonyl (C=O) groups excluding carboxylic acids is 1. The number of amides is 1. The van der Waals surface area contributed by atoms with Gasteiger partial charge in [-0.3, -0.25) is 10.1 Å². The Balaban J connectivity index is 1.46. The van der Waals surface area contributed by atoms with E-state index < -0.39 is 10.0 Å². The molecule has 2 heterocycles. The van der Waals surface area contributed by atoms with Gasteiger partial charge in [-0.25, -0.2) is 8.42 Å². The van der Waals surface area contributed by atoms with E-state index in [-0.39, 0.29) is 23.4 Å². The van der Waals surface area contributed by atoms with Crippen LogP contribution in [0.15, 0.2) is 64.9 Å². The highest BCUT2D eigenvalue weighted by atomic mass is 32.2. The molecule has 0 bridgehead atoms. The van der Waals surface area contributed by atoms with Gasteiger partial charge >= 0.3 is 0 Å². The van der Waals surface area contributed by atoms with Gasteiger partial charge in [0.05, 0.1) is 30.7 Å². The van der Waals surface area contributed by atoms with E-state index in [0.717, 1.165) is 10.4 Å². The van der Waals surface area contributed by atoms with Gasteiger partial charge in [0.15, 0.2) is 0 Å². The van der Waals surface area contributed by atoms with Gasteiger partial charge in [0.25, 0.3) is 0 Å². The molecule has 34 heavy (non-hydrogen) atoms. The summed E-state index contributed by atoms with van der Waals surface area (Å²) in [7, 11) is -3.66. The molecule has 3 aromatic rings. The smallest absolute Gasteiger partial charge is 0.243 e. The van der Waals surface area contributed by atoms with Gasteiger partial charge in [-0.2, -0.15) is 4.31 Å². The molecular weight excluding hydrogens is 470 g/mol. The van der Waals surface area contributed by atoms with Gasteiger partial charge < -0.3 is 10.1 Å². The highest BCUT2D eigenvalue weighted by molar-refractivity contribution is 7.89. The van der Waals surface area contributed by atoms with Gasteiger partial charge in [-0.15, -0.1) is 11.3 Å².